The molecular formula is C10H8O5. The predicted molar refractivity (Wildman–Crippen MR) is 49.3 cm³/mol. The van der Waals surface area contributed by atoms with Crippen LogP contribution >= 0.6 is 0 Å². The molecule has 0 saturated heterocycles. The second-order valence-electron chi connectivity index (χ2n) is 2.87. The van der Waals surface area contributed by atoms with Gasteiger partial charge in [-0.15, -0.1) is 0 Å². The first-order valence-electron chi connectivity index (χ1n) is 4.24. The van der Waals surface area contributed by atoms with Crippen molar-refractivity contribution < 1.29 is 23.8 Å². The first-order valence-corrected chi connectivity index (χ1v) is 4.24. The van der Waals surface area contributed by atoms with E-state index in [1.807, 2.05) is 0 Å². The number of aldehydes is 1. The van der Waals surface area contributed by atoms with Crippen LogP contribution in [0.1, 0.15) is 20.7 Å². The smallest absolute Gasteiger partial charge is 0.342 e. The van der Waals surface area contributed by atoms with E-state index in [2.05, 4.69) is 4.74 Å². The molecule has 1 aliphatic heterocycles. The molecule has 0 spiro atoms. The Morgan fingerprint density at radius 3 is 2.93 bits per heavy atom. The zero-order chi connectivity index (χ0) is 10.8. The zero-order valence-corrected chi connectivity index (χ0v) is 7.98. The highest BCUT2D eigenvalue weighted by molar-refractivity contribution is 6.01. The fourth-order valence-corrected chi connectivity index (χ4v) is 1.40. The Balaban J connectivity index is 2.62. The Morgan fingerprint density at radius 2 is 2.27 bits per heavy atom. The molecule has 0 saturated carbocycles. The minimum atomic E-state index is -0.612. The summed E-state index contributed by atoms with van der Waals surface area (Å²) in [6.07, 6.45) is 0.578. The van der Waals surface area contributed by atoms with Crippen molar-refractivity contribution in [3.8, 4) is 11.5 Å². The Bertz CT molecular complexity index is 424. The molecule has 1 aromatic rings. The summed E-state index contributed by atoms with van der Waals surface area (Å²) < 4.78 is 14.8. The zero-order valence-electron chi connectivity index (χ0n) is 7.98. The van der Waals surface area contributed by atoms with Gasteiger partial charge in [0.05, 0.1) is 7.11 Å². The van der Waals surface area contributed by atoms with Crippen molar-refractivity contribution in [3.63, 3.8) is 0 Å². The molecule has 0 fully saturated rings. The fraction of sp³-hybridized carbons (Fsp3) is 0.200. The van der Waals surface area contributed by atoms with Crippen molar-refractivity contribution in [1.29, 1.82) is 0 Å². The van der Waals surface area contributed by atoms with Gasteiger partial charge in [0.1, 0.15) is 5.56 Å². The van der Waals surface area contributed by atoms with E-state index in [9.17, 15) is 9.59 Å². The maximum Gasteiger partial charge on any atom is 0.342 e. The van der Waals surface area contributed by atoms with Crippen LogP contribution in [0.15, 0.2) is 12.1 Å². The number of hydrogen-bond acceptors (Lipinski definition) is 5. The molecule has 0 radical (unpaired) electrons. The van der Waals surface area contributed by atoms with E-state index >= 15 is 0 Å². The standard InChI is InChI=1S/C10H8O5/c1-13-10(12)8-6(4-11)2-3-7-9(8)15-5-14-7/h2-4H,5H2,1H3. The first kappa shape index (κ1) is 9.51. The average Bonchev–Trinajstić information content (AvgIpc) is 2.74. The first-order chi connectivity index (χ1) is 7.27. The third-order valence-electron chi connectivity index (χ3n) is 2.09. The molecule has 0 atom stereocenters. The number of benzene rings is 1. The van der Waals surface area contributed by atoms with Gasteiger partial charge in [-0.25, -0.2) is 4.79 Å². The van der Waals surface area contributed by atoms with Crippen molar-refractivity contribution in [1.82, 2.24) is 0 Å². The van der Waals surface area contributed by atoms with Gasteiger partial charge in [0.15, 0.2) is 17.8 Å². The van der Waals surface area contributed by atoms with Crippen LogP contribution in [0.4, 0.5) is 0 Å². The normalized spacial score (nSPS) is 12.3. The Morgan fingerprint density at radius 1 is 1.47 bits per heavy atom. The third kappa shape index (κ3) is 1.41. The lowest BCUT2D eigenvalue weighted by molar-refractivity contribution is 0.0593. The van der Waals surface area contributed by atoms with Crippen LogP contribution in [0.25, 0.3) is 0 Å². The maximum atomic E-state index is 11.4. The molecule has 0 unspecified atom stereocenters. The maximum absolute atomic E-state index is 11.4. The molecule has 1 heterocycles. The number of ether oxygens (including phenoxy) is 3. The largest absolute Gasteiger partial charge is 0.465 e. The van der Waals surface area contributed by atoms with Crippen LogP contribution in [-0.4, -0.2) is 26.2 Å². The quantitative estimate of drug-likeness (QED) is 0.536. The molecule has 0 N–H and O–H groups in total. The van der Waals surface area contributed by atoms with Crippen molar-refractivity contribution in [2.24, 2.45) is 0 Å². The fourth-order valence-electron chi connectivity index (χ4n) is 1.40. The van der Waals surface area contributed by atoms with Gasteiger partial charge in [0, 0.05) is 5.56 Å². The second kappa shape index (κ2) is 3.61. The van der Waals surface area contributed by atoms with Gasteiger partial charge < -0.3 is 14.2 Å². The van der Waals surface area contributed by atoms with Crippen molar-refractivity contribution >= 4 is 12.3 Å². The number of carbonyl (C=O) groups is 2. The van der Waals surface area contributed by atoms with Crippen LogP contribution < -0.4 is 9.47 Å². The molecule has 0 aromatic heterocycles. The van der Waals surface area contributed by atoms with Crippen LogP contribution in [0.3, 0.4) is 0 Å². The summed E-state index contributed by atoms with van der Waals surface area (Å²) in [4.78, 5) is 22.2. The van der Waals surface area contributed by atoms with Gasteiger partial charge in [0.2, 0.25) is 6.79 Å². The van der Waals surface area contributed by atoms with Crippen LogP contribution in [-0.2, 0) is 4.74 Å². The Hall–Kier alpha value is -2.04. The molecular weight excluding hydrogens is 200 g/mol. The van der Waals surface area contributed by atoms with Crippen molar-refractivity contribution in [3.05, 3.63) is 23.3 Å². The van der Waals surface area contributed by atoms with Gasteiger partial charge in [-0.2, -0.15) is 0 Å². The summed E-state index contributed by atoms with van der Waals surface area (Å²) in [5.41, 5.74) is 0.341. The van der Waals surface area contributed by atoms with Gasteiger partial charge in [-0.05, 0) is 12.1 Å². The lowest BCUT2D eigenvalue weighted by Gasteiger charge is -2.05. The molecule has 2 rings (SSSR count). The Kier molecular flexibility index (Phi) is 2.29. The number of carbonyl (C=O) groups excluding carboxylic acids is 2. The molecule has 0 bridgehead atoms. The van der Waals surface area contributed by atoms with Crippen LogP contribution in [0.5, 0.6) is 11.5 Å². The van der Waals surface area contributed by atoms with E-state index < -0.39 is 5.97 Å². The molecule has 15 heavy (non-hydrogen) atoms. The number of methoxy groups -OCH3 is 1. The van der Waals surface area contributed by atoms with E-state index in [1.165, 1.54) is 13.2 Å². The van der Waals surface area contributed by atoms with Crippen LogP contribution in [0.2, 0.25) is 0 Å². The highest BCUT2D eigenvalue weighted by Crippen LogP contribution is 2.37. The van der Waals surface area contributed by atoms with E-state index in [-0.39, 0.29) is 23.7 Å². The summed E-state index contributed by atoms with van der Waals surface area (Å²) in [5.74, 6) is 0.104. The van der Waals surface area contributed by atoms with Gasteiger partial charge in [-0.1, -0.05) is 0 Å². The van der Waals surface area contributed by atoms with E-state index in [1.54, 1.807) is 6.07 Å². The second-order valence-corrected chi connectivity index (χ2v) is 2.87. The SMILES string of the molecule is COC(=O)c1c(C=O)ccc2c1OCO2. The topological polar surface area (TPSA) is 61.8 Å². The monoisotopic (exact) mass is 208 g/mol. The number of rotatable bonds is 2. The summed E-state index contributed by atoms with van der Waals surface area (Å²) in [6.45, 7) is 0.0433. The highest BCUT2D eigenvalue weighted by atomic mass is 16.7. The van der Waals surface area contributed by atoms with Gasteiger partial charge in [-0.3, -0.25) is 4.79 Å². The molecule has 1 aromatic carbocycles. The van der Waals surface area contributed by atoms with E-state index in [0.717, 1.165) is 0 Å². The minimum absolute atomic E-state index is 0.0433. The van der Waals surface area contributed by atoms with Crippen molar-refractivity contribution in [2.75, 3.05) is 13.9 Å². The Labute approximate surface area is 85.5 Å². The van der Waals surface area contributed by atoms with E-state index in [0.29, 0.717) is 12.0 Å². The molecule has 78 valence electrons. The van der Waals surface area contributed by atoms with Gasteiger partial charge >= 0.3 is 5.97 Å². The highest BCUT2D eigenvalue weighted by Gasteiger charge is 2.25. The van der Waals surface area contributed by atoms with Crippen LogP contribution in [0, 0.1) is 0 Å². The summed E-state index contributed by atoms with van der Waals surface area (Å²) in [7, 11) is 1.24. The lowest BCUT2D eigenvalue weighted by atomic mass is 10.1. The molecule has 1 aliphatic rings. The molecule has 0 aliphatic carbocycles. The molecule has 5 heteroatoms. The molecule has 5 nitrogen and oxygen atoms in total. The third-order valence-corrected chi connectivity index (χ3v) is 2.09. The molecule has 0 amide bonds. The average molecular weight is 208 g/mol. The number of fused-ring (bicyclic) bond motifs is 1. The number of hydrogen-bond donors (Lipinski definition) is 0. The summed E-state index contributed by atoms with van der Waals surface area (Å²) >= 11 is 0. The summed E-state index contributed by atoms with van der Waals surface area (Å²) in [5, 5.41) is 0. The van der Waals surface area contributed by atoms with Gasteiger partial charge in [0.25, 0.3) is 0 Å². The lowest BCUT2D eigenvalue weighted by Crippen LogP contribution is -2.07. The van der Waals surface area contributed by atoms with Crippen molar-refractivity contribution in [2.45, 2.75) is 0 Å². The number of esters is 1. The summed E-state index contributed by atoms with van der Waals surface area (Å²) in [6, 6.07) is 3.07. The minimum Gasteiger partial charge on any atom is -0.465 e. The predicted octanol–water partition coefficient (Wildman–Crippen LogP) is 1.01. The van der Waals surface area contributed by atoms with E-state index in [4.69, 9.17) is 9.47 Å².